The van der Waals surface area contributed by atoms with Gasteiger partial charge in [0.1, 0.15) is 5.75 Å². The molecule has 0 aliphatic carbocycles. The lowest BCUT2D eigenvalue weighted by atomic mass is 10.2. The monoisotopic (exact) mass is 360 g/mol. The van der Waals surface area contributed by atoms with E-state index in [1.54, 1.807) is 18.4 Å². The zero-order valence-corrected chi connectivity index (χ0v) is 16.4. The van der Waals surface area contributed by atoms with E-state index in [1.165, 1.54) is 10.4 Å². The summed E-state index contributed by atoms with van der Waals surface area (Å²) >= 11 is 1.73. The first kappa shape index (κ1) is 19.2. The van der Waals surface area contributed by atoms with E-state index in [-0.39, 0.29) is 0 Å². The van der Waals surface area contributed by atoms with Crippen LogP contribution in [0.5, 0.6) is 5.75 Å². The predicted molar refractivity (Wildman–Crippen MR) is 106 cm³/mol. The van der Waals surface area contributed by atoms with Crippen LogP contribution in [0.3, 0.4) is 0 Å². The Morgan fingerprint density at radius 2 is 1.88 bits per heavy atom. The molecule has 6 heteroatoms. The highest BCUT2D eigenvalue weighted by Gasteiger charge is 2.05. The number of nitrogens with zero attached hydrogens (tertiary/aromatic N) is 2. The van der Waals surface area contributed by atoms with E-state index < -0.39 is 0 Å². The molecule has 136 valence electrons. The first-order chi connectivity index (χ1) is 12.1. The molecule has 5 nitrogen and oxygen atoms in total. The van der Waals surface area contributed by atoms with Crippen molar-refractivity contribution in [1.29, 1.82) is 0 Å². The summed E-state index contributed by atoms with van der Waals surface area (Å²) in [5.74, 6) is 1.76. The van der Waals surface area contributed by atoms with Crippen molar-refractivity contribution in [2.75, 3.05) is 20.2 Å². The van der Waals surface area contributed by atoms with Gasteiger partial charge >= 0.3 is 0 Å². The molecule has 0 unspecified atom stereocenters. The van der Waals surface area contributed by atoms with Crippen LogP contribution < -0.4 is 15.4 Å². The van der Waals surface area contributed by atoms with Crippen molar-refractivity contribution in [2.45, 2.75) is 40.2 Å². The molecule has 0 fully saturated rings. The number of benzene rings is 1. The maximum atomic E-state index is 5.74. The lowest BCUT2D eigenvalue weighted by Crippen LogP contribution is -2.37. The first-order valence-electron chi connectivity index (χ1n) is 8.65. The fourth-order valence-corrected chi connectivity index (χ4v) is 3.26. The molecule has 2 rings (SSSR count). The fourth-order valence-electron chi connectivity index (χ4n) is 2.38. The first-order valence-corrected chi connectivity index (χ1v) is 9.47. The number of guanidine groups is 1. The van der Waals surface area contributed by atoms with Gasteiger partial charge in [-0.3, -0.25) is 4.99 Å². The number of aromatic nitrogens is 1. The van der Waals surface area contributed by atoms with E-state index in [4.69, 9.17) is 4.74 Å². The molecule has 0 aliphatic heterocycles. The SMILES string of the molecule is CN=C(NCCCCOc1ccc(C)cc1)NCc1sc(C)nc1C. The molecule has 2 N–H and O–H groups in total. The zero-order chi connectivity index (χ0) is 18.1. The fraction of sp³-hybridized carbons (Fsp3) is 0.474. The largest absolute Gasteiger partial charge is 0.494 e. The van der Waals surface area contributed by atoms with Gasteiger partial charge in [0.25, 0.3) is 0 Å². The molecule has 0 aliphatic rings. The Bertz CT molecular complexity index is 679. The van der Waals surface area contributed by atoms with Crippen molar-refractivity contribution in [2.24, 2.45) is 4.99 Å². The topological polar surface area (TPSA) is 58.5 Å². The van der Waals surface area contributed by atoms with Crippen LogP contribution in [-0.2, 0) is 6.54 Å². The standard InChI is InChI=1S/C19H28N4OS/c1-14-7-9-17(10-8-14)24-12-6-5-11-21-19(20-4)22-13-18-15(2)23-16(3)25-18/h7-10H,5-6,11-13H2,1-4H3,(H2,20,21,22). The third-order valence-electron chi connectivity index (χ3n) is 3.79. The van der Waals surface area contributed by atoms with Crippen LogP contribution in [0.25, 0.3) is 0 Å². The van der Waals surface area contributed by atoms with E-state index in [0.29, 0.717) is 0 Å². The average Bonchev–Trinajstić information content (AvgIpc) is 2.92. The molecular formula is C19H28N4OS. The Morgan fingerprint density at radius 1 is 1.12 bits per heavy atom. The van der Waals surface area contributed by atoms with E-state index in [9.17, 15) is 0 Å². The summed E-state index contributed by atoms with van der Waals surface area (Å²) in [5.41, 5.74) is 2.35. The summed E-state index contributed by atoms with van der Waals surface area (Å²) in [7, 11) is 1.79. The van der Waals surface area contributed by atoms with Crippen molar-refractivity contribution in [3.05, 3.63) is 45.4 Å². The molecule has 0 saturated heterocycles. The van der Waals surface area contributed by atoms with Crippen LogP contribution in [-0.4, -0.2) is 31.1 Å². The number of aryl methyl sites for hydroxylation is 3. The molecule has 0 atom stereocenters. The van der Waals surface area contributed by atoms with Gasteiger partial charge in [0, 0.05) is 18.5 Å². The molecule has 1 aromatic carbocycles. The second-order valence-electron chi connectivity index (χ2n) is 5.96. The average molecular weight is 361 g/mol. The molecule has 0 amide bonds. The lowest BCUT2D eigenvalue weighted by Gasteiger charge is -2.11. The molecule has 25 heavy (non-hydrogen) atoms. The minimum atomic E-state index is 0.732. The summed E-state index contributed by atoms with van der Waals surface area (Å²) in [6.07, 6.45) is 2.04. The summed E-state index contributed by atoms with van der Waals surface area (Å²) in [6.45, 7) is 8.52. The molecule has 0 saturated carbocycles. The minimum absolute atomic E-state index is 0.732. The van der Waals surface area contributed by atoms with Gasteiger partial charge in [-0.15, -0.1) is 11.3 Å². The zero-order valence-electron chi connectivity index (χ0n) is 15.6. The number of unbranched alkanes of at least 4 members (excludes halogenated alkanes) is 1. The Balaban J connectivity index is 1.59. The minimum Gasteiger partial charge on any atom is -0.494 e. The number of ether oxygens (including phenoxy) is 1. The van der Waals surface area contributed by atoms with Gasteiger partial charge in [0.15, 0.2) is 5.96 Å². The summed E-state index contributed by atoms with van der Waals surface area (Å²) in [6, 6.07) is 8.17. The molecule has 0 radical (unpaired) electrons. The quantitative estimate of drug-likeness (QED) is 0.429. The van der Waals surface area contributed by atoms with Gasteiger partial charge in [0.05, 0.1) is 23.9 Å². The van der Waals surface area contributed by atoms with E-state index in [1.807, 2.05) is 26.0 Å². The second kappa shape index (κ2) is 10.0. The normalized spacial score (nSPS) is 11.4. The highest BCUT2D eigenvalue weighted by atomic mass is 32.1. The molecular weight excluding hydrogens is 332 g/mol. The van der Waals surface area contributed by atoms with Crippen LogP contribution in [0, 0.1) is 20.8 Å². The van der Waals surface area contributed by atoms with Gasteiger partial charge in [-0.1, -0.05) is 17.7 Å². The molecule has 0 bridgehead atoms. The number of hydrogen-bond acceptors (Lipinski definition) is 4. The Labute approximate surface area is 154 Å². The van der Waals surface area contributed by atoms with E-state index >= 15 is 0 Å². The summed E-state index contributed by atoms with van der Waals surface area (Å²) in [4.78, 5) is 9.96. The van der Waals surface area contributed by atoms with E-state index in [2.05, 4.69) is 39.7 Å². The third-order valence-corrected chi connectivity index (χ3v) is 4.87. The predicted octanol–water partition coefficient (Wildman–Crippen LogP) is 3.59. The molecule has 2 aromatic rings. The maximum absolute atomic E-state index is 5.74. The van der Waals surface area contributed by atoms with Gasteiger partial charge in [-0.2, -0.15) is 0 Å². The maximum Gasteiger partial charge on any atom is 0.191 e. The Kier molecular flexibility index (Phi) is 7.73. The third kappa shape index (κ3) is 6.74. The number of aliphatic imine (C=N–C) groups is 1. The number of nitrogens with one attached hydrogen (secondary N) is 2. The van der Waals surface area contributed by atoms with Crippen molar-refractivity contribution >= 4 is 17.3 Å². The molecule has 1 aromatic heterocycles. The van der Waals surface area contributed by atoms with Crippen LogP contribution in [0.4, 0.5) is 0 Å². The lowest BCUT2D eigenvalue weighted by molar-refractivity contribution is 0.307. The molecule has 1 heterocycles. The van der Waals surface area contributed by atoms with Crippen molar-refractivity contribution in [3.8, 4) is 5.75 Å². The summed E-state index contributed by atoms with van der Waals surface area (Å²) < 4.78 is 5.74. The van der Waals surface area contributed by atoms with Crippen LogP contribution in [0.1, 0.15) is 34.0 Å². The van der Waals surface area contributed by atoms with Gasteiger partial charge in [-0.25, -0.2) is 4.98 Å². The summed E-state index contributed by atoms with van der Waals surface area (Å²) in [5, 5.41) is 7.78. The number of hydrogen-bond donors (Lipinski definition) is 2. The van der Waals surface area contributed by atoms with Gasteiger partial charge < -0.3 is 15.4 Å². The number of thiazole rings is 1. The highest BCUT2D eigenvalue weighted by Crippen LogP contribution is 2.16. The van der Waals surface area contributed by atoms with Crippen LogP contribution >= 0.6 is 11.3 Å². The van der Waals surface area contributed by atoms with Gasteiger partial charge in [-0.05, 0) is 45.7 Å². The van der Waals surface area contributed by atoms with Gasteiger partial charge in [0.2, 0.25) is 0 Å². The van der Waals surface area contributed by atoms with Crippen molar-refractivity contribution in [3.63, 3.8) is 0 Å². The molecule has 0 spiro atoms. The van der Waals surface area contributed by atoms with Crippen molar-refractivity contribution < 1.29 is 4.74 Å². The van der Waals surface area contributed by atoms with E-state index in [0.717, 1.165) is 54.9 Å². The highest BCUT2D eigenvalue weighted by molar-refractivity contribution is 7.11. The Hall–Kier alpha value is -2.08. The van der Waals surface area contributed by atoms with Crippen LogP contribution in [0.15, 0.2) is 29.3 Å². The van der Waals surface area contributed by atoms with Crippen LogP contribution in [0.2, 0.25) is 0 Å². The second-order valence-corrected chi connectivity index (χ2v) is 7.25. The smallest absolute Gasteiger partial charge is 0.191 e. The number of rotatable bonds is 8. The Morgan fingerprint density at radius 3 is 2.52 bits per heavy atom. The van der Waals surface area contributed by atoms with Crippen molar-refractivity contribution in [1.82, 2.24) is 15.6 Å².